The quantitative estimate of drug-likeness (QED) is 0.425. The minimum Gasteiger partial charge on any atom is -0.488 e. The highest BCUT2D eigenvalue weighted by molar-refractivity contribution is 7.94. The number of carbonyl (C=O) groups excluding carboxylic acids is 1. The Morgan fingerprint density at radius 1 is 1.27 bits per heavy atom. The molecular formula is C26H32N4O5S2. The van der Waals surface area contributed by atoms with Gasteiger partial charge in [0.2, 0.25) is 0 Å². The van der Waals surface area contributed by atoms with E-state index in [9.17, 15) is 18.3 Å². The second-order valence-electron chi connectivity index (χ2n) is 9.42. The Labute approximate surface area is 221 Å². The molecule has 0 unspecified atom stereocenters. The molecule has 198 valence electrons. The molecule has 0 radical (unpaired) electrons. The lowest BCUT2D eigenvalue weighted by molar-refractivity contribution is 0.0341. The number of aromatic nitrogens is 1. The van der Waals surface area contributed by atoms with Gasteiger partial charge >= 0.3 is 0 Å². The first-order valence-corrected chi connectivity index (χ1v) is 14.4. The van der Waals surface area contributed by atoms with Crippen LogP contribution in [0.15, 0.2) is 64.4 Å². The van der Waals surface area contributed by atoms with Gasteiger partial charge in [-0.25, -0.2) is 8.42 Å². The molecule has 1 aromatic carbocycles. The molecule has 3 atom stereocenters. The molecule has 2 aromatic heterocycles. The van der Waals surface area contributed by atoms with Gasteiger partial charge in [-0.2, -0.15) is 0 Å². The average Bonchev–Trinajstić information content (AvgIpc) is 3.43. The van der Waals surface area contributed by atoms with Gasteiger partial charge in [0.05, 0.1) is 18.2 Å². The monoisotopic (exact) mass is 544 g/mol. The van der Waals surface area contributed by atoms with Crippen molar-refractivity contribution in [2.24, 2.45) is 5.92 Å². The number of nitrogens with one attached hydrogen (secondary N) is 1. The van der Waals surface area contributed by atoms with Gasteiger partial charge < -0.3 is 14.7 Å². The van der Waals surface area contributed by atoms with Crippen molar-refractivity contribution in [2.45, 2.75) is 36.7 Å². The van der Waals surface area contributed by atoms with Gasteiger partial charge in [-0.1, -0.05) is 13.0 Å². The van der Waals surface area contributed by atoms with E-state index in [1.54, 1.807) is 47.8 Å². The number of benzene rings is 1. The summed E-state index contributed by atoms with van der Waals surface area (Å²) in [5.41, 5.74) is 1.64. The van der Waals surface area contributed by atoms with E-state index in [1.165, 1.54) is 12.1 Å². The molecule has 4 rings (SSSR count). The summed E-state index contributed by atoms with van der Waals surface area (Å²) in [6.45, 7) is 5.34. The maximum Gasteiger partial charge on any atom is 0.271 e. The second kappa shape index (κ2) is 11.6. The van der Waals surface area contributed by atoms with Crippen molar-refractivity contribution in [1.82, 2.24) is 14.8 Å². The third-order valence-electron chi connectivity index (χ3n) is 6.37. The van der Waals surface area contributed by atoms with Gasteiger partial charge in [0, 0.05) is 43.6 Å². The van der Waals surface area contributed by atoms with Gasteiger partial charge in [-0.05, 0) is 61.3 Å². The van der Waals surface area contributed by atoms with Gasteiger partial charge in [0.25, 0.3) is 15.9 Å². The Bertz CT molecular complexity index is 1300. The Balaban J connectivity index is 1.63. The number of hydrogen-bond acceptors (Lipinski definition) is 8. The van der Waals surface area contributed by atoms with Crippen molar-refractivity contribution in [3.63, 3.8) is 0 Å². The van der Waals surface area contributed by atoms with E-state index in [4.69, 9.17) is 4.74 Å². The predicted molar refractivity (Wildman–Crippen MR) is 143 cm³/mol. The number of carbonyl (C=O) groups is 1. The SMILES string of the molecule is C[C@@H]1CN([C@H](C)CO)C(=O)c2cc(NS(=O)(=O)c3cccs3)ccc2O[C@H]1CN(C)Cc1ccncc1. The van der Waals surface area contributed by atoms with Crippen molar-refractivity contribution in [3.8, 4) is 5.75 Å². The van der Waals surface area contributed by atoms with Crippen LogP contribution in [0.4, 0.5) is 5.69 Å². The maximum atomic E-state index is 13.6. The molecule has 0 saturated heterocycles. The molecule has 1 aliphatic rings. The van der Waals surface area contributed by atoms with Crippen LogP contribution in [0, 0.1) is 5.92 Å². The zero-order chi connectivity index (χ0) is 26.6. The Kier molecular flexibility index (Phi) is 8.48. The van der Waals surface area contributed by atoms with E-state index >= 15 is 0 Å². The lowest BCUT2D eigenvalue weighted by Crippen LogP contribution is -2.49. The van der Waals surface area contributed by atoms with Gasteiger partial charge in [0.15, 0.2) is 0 Å². The number of likely N-dealkylation sites (N-methyl/N-ethyl adjacent to an activating group) is 1. The molecule has 3 heterocycles. The van der Waals surface area contributed by atoms with E-state index < -0.39 is 16.1 Å². The third kappa shape index (κ3) is 6.48. The number of aliphatic hydroxyl groups excluding tert-OH is 1. The standard InChI is InChI=1S/C26H32N4O5S2/c1-18-14-30(19(2)17-31)26(32)22-13-21(28-37(33,34)25-5-4-12-36-25)6-7-23(22)35-24(18)16-29(3)15-20-8-10-27-11-9-20/h4-13,18-19,24,28,31H,14-17H2,1-3H3/t18-,19-,24+/m1/s1. The molecule has 1 amide bonds. The first kappa shape index (κ1) is 27.1. The summed E-state index contributed by atoms with van der Waals surface area (Å²) in [6.07, 6.45) is 3.28. The molecule has 2 N–H and O–H groups in total. The van der Waals surface area contributed by atoms with Gasteiger partial charge in [-0.3, -0.25) is 19.4 Å². The number of thiophene rings is 1. The zero-order valence-corrected chi connectivity index (χ0v) is 22.7. The first-order valence-electron chi connectivity index (χ1n) is 12.0. The number of rotatable bonds is 9. The average molecular weight is 545 g/mol. The number of ether oxygens (including phenoxy) is 1. The fourth-order valence-electron chi connectivity index (χ4n) is 4.30. The van der Waals surface area contributed by atoms with Crippen molar-refractivity contribution in [3.05, 3.63) is 71.4 Å². The fourth-order valence-corrected chi connectivity index (χ4v) is 6.34. The number of hydrogen-bond donors (Lipinski definition) is 2. The lowest BCUT2D eigenvalue weighted by atomic mass is 9.99. The molecule has 0 fully saturated rings. The molecular weight excluding hydrogens is 512 g/mol. The van der Waals surface area contributed by atoms with E-state index in [1.807, 2.05) is 26.1 Å². The number of pyridine rings is 1. The Morgan fingerprint density at radius 2 is 2.03 bits per heavy atom. The summed E-state index contributed by atoms with van der Waals surface area (Å²) < 4.78 is 34.7. The zero-order valence-electron chi connectivity index (χ0n) is 21.1. The van der Waals surface area contributed by atoms with Crippen molar-refractivity contribution < 1.29 is 23.1 Å². The van der Waals surface area contributed by atoms with Crippen LogP contribution in [0.25, 0.3) is 0 Å². The molecule has 37 heavy (non-hydrogen) atoms. The van der Waals surface area contributed by atoms with E-state index in [-0.39, 0.29) is 40.0 Å². The number of anilines is 1. The van der Waals surface area contributed by atoms with Gasteiger partial charge in [-0.15, -0.1) is 11.3 Å². The molecule has 9 nitrogen and oxygen atoms in total. The highest BCUT2D eigenvalue weighted by Crippen LogP contribution is 2.32. The number of nitrogens with zero attached hydrogens (tertiary/aromatic N) is 3. The van der Waals surface area contributed by atoms with E-state index in [2.05, 4.69) is 14.6 Å². The van der Waals surface area contributed by atoms with Crippen LogP contribution in [0.2, 0.25) is 0 Å². The second-order valence-corrected chi connectivity index (χ2v) is 12.3. The van der Waals surface area contributed by atoms with E-state index in [0.717, 1.165) is 16.9 Å². The summed E-state index contributed by atoms with van der Waals surface area (Å²) in [4.78, 5) is 21.5. The largest absolute Gasteiger partial charge is 0.488 e. The van der Waals surface area contributed by atoms with Crippen molar-refractivity contribution in [1.29, 1.82) is 0 Å². The van der Waals surface area contributed by atoms with Gasteiger partial charge in [0.1, 0.15) is 16.1 Å². The van der Waals surface area contributed by atoms with Crippen LogP contribution >= 0.6 is 11.3 Å². The minimum absolute atomic E-state index is 0.0250. The topological polar surface area (TPSA) is 112 Å². The lowest BCUT2D eigenvalue weighted by Gasteiger charge is -2.38. The summed E-state index contributed by atoms with van der Waals surface area (Å²) in [6, 6.07) is 11.4. The normalized spacial score (nSPS) is 19.1. The fraction of sp³-hybridized carbons (Fsp3) is 0.385. The molecule has 0 spiro atoms. The van der Waals surface area contributed by atoms with Crippen LogP contribution in [0.1, 0.15) is 29.8 Å². The Hall–Kier alpha value is -2.99. The molecule has 1 aliphatic heterocycles. The van der Waals surface area contributed by atoms with Crippen LogP contribution in [0.5, 0.6) is 5.75 Å². The number of amides is 1. The summed E-state index contributed by atoms with van der Waals surface area (Å²) >= 11 is 1.11. The predicted octanol–water partition coefficient (Wildman–Crippen LogP) is 3.30. The molecule has 0 bridgehead atoms. The van der Waals surface area contributed by atoms with E-state index in [0.29, 0.717) is 25.4 Å². The molecule has 0 saturated carbocycles. The molecule has 11 heteroatoms. The van der Waals surface area contributed by atoms with Crippen LogP contribution < -0.4 is 9.46 Å². The van der Waals surface area contributed by atoms with Crippen molar-refractivity contribution in [2.75, 3.05) is 31.5 Å². The summed E-state index contributed by atoms with van der Waals surface area (Å²) in [5.74, 6) is 0.0419. The third-order valence-corrected chi connectivity index (χ3v) is 9.15. The Morgan fingerprint density at radius 3 is 2.70 bits per heavy atom. The van der Waals surface area contributed by atoms with Crippen molar-refractivity contribution >= 4 is 33.0 Å². The highest BCUT2D eigenvalue weighted by Gasteiger charge is 2.33. The number of aliphatic hydroxyl groups is 1. The van der Waals surface area contributed by atoms with Crippen LogP contribution in [0.3, 0.4) is 0 Å². The number of fused-ring (bicyclic) bond motifs is 1. The smallest absolute Gasteiger partial charge is 0.271 e. The maximum absolute atomic E-state index is 13.6. The number of sulfonamides is 1. The summed E-state index contributed by atoms with van der Waals surface area (Å²) in [7, 11) is -1.77. The highest BCUT2D eigenvalue weighted by atomic mass is 32.2. The first-order chi connectivity index (χ1) is 17.7. The van der Waals surface area contributed by atoms with Crippen LogP contribution in [-0.4, -0.2) is 73.1 Å². The molecule has 0 aliphatic carbocycles. The van der Waals surface area contributed by atoms with Crippen LogP contribution in [-0.2, 0) is 16.6 Å². The minimum atomic E-state index is -3.78. The molecule has 3 aromatic rings. The summed E-state index contributed by atoms with van der Waals surface area (Å²) in [5, 5.41) is 11.5.